The molecule has 0 spiro atoms. The molecule has 0 saturated carbocycles. The Morgan fingerprint density at radius 1 is 0.885 bits per heavy atom. The van der Waals surface area contributed by atoms with Crippen LogP contribution in [0.15, 0.2) is 72.8 Å². The number of aromatic hydroxyl groups is 2. The monoisotopic (exact) mass is 347 g/mol. The van der Waals surface area contributed by atoms with Crippen molar-refractivity contribution in [1.29, 1.82) is 0 Å². The fourth-order valence-electron chi connectivity index (χ4n) is 3.19. The van der Waals surface area contributed by atoms with Gasteiger partial charge in [0.15, 0.2) is 0 Å². The normalized spacial score (nSPS) is 16.5. The van der Waals surface area contributed by atoms with Gasteiger partial charge >= 0.3 is 6.09 Å². The molecule has 130 valence electrons. The minimum absolute atomic E-state index is 0.0322. The molecule has 0 aliphatic carbocycles. The van der Waals surface area contributed by atoms with Crippen LogP contribution in [0.5, 0.6) is 11.5 Å². The summed E-state index contributed by atoms with van der Waals surface area (Å²) in [6.07, 6.45) is -0.463. The topological polar surface area (TPSA) is 70.0 Å². The van der Waals surface area contributed by atoms with Gasteiger partial charge in [0.2, 0.25) is 0 Å². The molecule has 5 heteroatoms. The molecule has 4 rings (SSSR count). The van der Waals surface area contributed by atoms with Crippen molar-refractivity contribution in [3.63, 3.8) is 0 Å². The van der Waals surface area contributed by atoms with Gasteiger partial charge in [-0.05, 0) is 35.4 Å². The highest BCUT2D eigenvalue weighted by Crippen LogP contribution is 2.38. The number of ether oxygens (including phenoxy) is 1. The van der Waals surface area contributed by atoms with E-state index in [0.717, 1.165) is 11.1 Å². The third-order valence-corrected chi connectivity index (χ3v) is 4.50. The molecule has 0 bridgehead atoms. The average molecular weight is 347 g/mol. The lowest BCUT2D eigenvalue weighted by Crippen LogP contribution is -2.27. The summed E-state index contributed by atoms with van der Waals surface area (Å²) in [6, 6.07) is 21.5. The number of nitrogens with zero attached hydrogens (tertiary/aromatic N) is 1. The van der Waals surface area contributed by atoms with Gasteiger partial charge in [-0.3, -0.25) is 4.90 Å². The second kappa shape index (κ2) is 6.44. The van der Waals surface area contributed by atoms with Crippen LogP contribution in [0.4, 0.5) is 10.5 Å². The number of anilines is 1. The molecule has 1 atom stereocenters. The molecule has 1 amide bonds. The number of phenols is 2. The van der Waals surface area contributed by atoms with Crippen LogP contribution >= 0.6 is 0 Å². The number of hydrogen-bond acceptors (Lipinski definition) is 4. The summed E-state index contributed by atoms with van der Waals surface area (Å²) in [5.41, 5.74) is 3.35. The zero-order chi connectivity index (χ0) is 18.1. The van der Waals surface area contributed by atoms with E-state index >= 15 is 0 Å². The number of amides is 1. The molecule has 5 nitrogen and oxygen atoms in total. The van der Waals surface area contributed by atoms with Gasteiger partial charge in [-0.2, -0.15) is 0 Å². The van der Waals surface area contributed by atoms with Crippen LogP contribution < -0.4 is 4.90 Å². The number of carbonyl (C=O) groups excluding carboxylic acids is 1. The van der Waals surface area contributed by atoms with Crippen molar-refractivity contribution in [2.24, 2.45) is 0 Å². The van der Waals surface area contributed by atoms with Crippen molar-refractivity contribution in [3.05, 3.63) is 78.4 Å². The smallest absolute Gasteiger partial charge is 0.415 e. The summed E-state index contributed by atoms with van der Waals surface area (Å²) in [6.45, 7) is 0.137. The summed E-state index contributed by atoms with van der Waals surface area (Å²) in [5.74, 6) is -0.102. The van der Waals surface area contributed by atoms with Crippen molar-refractivity contribution < 1.29 is 19.7 Å². The summed E-state index contributed by atoms with van der Waals surface area (Å²) >= 11 is 0. The molecule has 1 unspecified atom stereocenters. The third-order valence-electron chi connectivity index (χ3n) is 4.50. The molecule has 0 radical (unpaired) electrons. The molecule has 3 aromatic carbocycles. The molecular formula is C21H17NO4. The van der Waals surface area contributed by atoms with Crippen molar-refractivity contribution in [1.82, 2.24) is 0 Å². The van der Waals surface area contributed by atoms with Crippen LogP contribution in [0, 0.1) is 0 Å². The quantitative estimate of drug-likeness (QED) is 0.734. The second-order valence-corrected chi connectivity index (χ2v) is 6.12. The fourth-order valence-corrected chi connectivity index (χ4v) is 3.19. The van der Waals surface area contributed by atoms with Crippen LogP contribution in [-0.2, 0) is 4.74 Å². The highest BCUT2D eigenvalue weighted by molar-refractivity contribution is 5.91. The highest BCUT2D eigenvalue weighted by atomic mass is 16.6. The summed E-state index contributed by atoms with van der Waals surface area (Å²) in [5, 5.41) is 19.6. The summed E-state index contributed by atoms with van der Waals surface area (Å²) in [4.78, 5) is 13.8. The Kier molecular flexibility index (Phi) is 3.97. The standard InChI is InChI=1S/C21H17NO4/c23-17-10-11-18(20(24)12-17)19-13-26-21(25)22(19)16-8-6-15(7-9-16)14-4-2-1-3-5-14/h1-12,19,23-24H,13H2. The van der Waals surface area contributed by atoms with Crippen LogP contribution in [0.2, 0.25) is 0 Å². The Morgan fingerprint density at radius 3 is 2.27 bits per heavy atom. The maximum atomic E-state index is 12.3. The first-order valence-electron chi connectivity index (χ1n) is 8.27. The van der Waals surface area contributed by atoms with Gasteiger partial charge in [-0.1, -0.05) is 42.5 Å². The predicted molar refractivity (Wildman–Crippen MR) is 98.2 cm³/mol. The Bertz CT molecular complexity index is 938. The molecule has 26 heavy (non-hydrogen) atoms. The van der Waals surface area contributed by atoms with E-state index in [-0.39, 0.29) is 18.1 Å². The van der Waals surface area contributed by atoms with E-state index in [1.807, 2.05) is 54.6 Å². The zero-order valence-electron chi connectivity index (χ0n) is 13.9. The Morgan fingerprint density at radius 2 is 1.58 bits per heavy atom. The Labute approximate surface area is 150 Å². The van der Waals surface area contributed by atoms with Crippen molar-refractivity contribution in [2.45, 2.75) is 6.04 Å². The lowest BCUT2D eigenvalue weighted by Gasteiger charge is -2.22. The van der Waals surface area contributed by atoms with Gasteiger partial charge < -0.3 is 14.9 Å². The predicted octanol–water partition coefficient (Wildman–Crippen LogP) is 4.46. The van der Waals surface area contributed by atoms with Crippen LogP contribution in [0.25, 0.3) is 11.1 Å². The van der Waals surface area contributed by atoms with E-state index < -0.39 is 12.1 Å². The molecular weight excluding hydrogens is 330 g/mol. The first-order valence-corrected chi connectivity index (χ1v) is 8.27. The van der Waals surface area contributed by atoms with Crippen molar-refractivity contribution >= 4 is 11.8 Å². The first-order chi connectivity index (χ1) is 12.6. The van der Waals surface area contributed by atoms with E-state index in [0.29, 0.717) is 11.3 Å². The van der Waals surface area contributed by atoms with Gasteiger partial charge in [0, 0.05) is 17.3 Å². The average Bonchev–Trinajstić information content (AvgIpc) is 3.04. The van der Waals surface area contributed by atoms with Gasteiger partial charge in [0.1, 0.15) is 24.1 Å². The fraction of sp³-hybridized carbons (Fsp3) is 0.0952. The molecule has 1 aliphatic heterocycles. The molecule has 2 N–H and O–H groups in total. The lowest BCUT2D eigenvalue weighted by molar-refractivity contribution is 0.178. The number of rotatable bonds is 3. The molecule has 0 aromatic heterocycles. The van der Waals surface area contributed by atoms with Crippen molar-refractivity contribution in [3.8, 4) is 22.6 Å². The van der Waals surface area contributed by atoms with Crippen LogP contribution in [-0.4, -0.2) is 22.9 Å². The van der Waals surface area contributed by atoms with Gasteiger partial charge in [-0.25, -0.2) is 4.79 Å². The van der Waals surface area contributed by atoms with E-state index in [4.69, 9.17) is 4.74 Å². The van der Waals surface area contributed by atoms with Crippen LogP contribution in [0.3, 0.4) is 0 Å². The zero-order valence-corrected chi connectivity index (χ0v) is 13.9. The third kappa shape index (κ3) is 2.84. The largest absolute Gasteiger partial charge is 0.508 e. The molecule has 3 aromatic rings. The van der Waals surface area contributed by atoms with E-state index in [1.54, 1.807) is 6.07 Å². The summed E-state index contributed by atoms with van der Waals surface area (Å²) < 4.78 is 5.20. The Hall–Kier alpha value is -3.47. The SMILES string of the molecule is O=C1OCC(c2ccc(O)cc2O)N1c1ccc(-c2ccccc2)cc1. The minimum atomic E-state index is -0.463. The highest BCUT2D eigenvalue weighted by Gasteiger charge is 2.36. The van der Waals surface area contributed by atoms with Gasteiger partial charge in [0.25, 0.3) is 0 Å². The van der Waals surface area contributed by atoms with Gasteiger partial charge in [0.05, 0.1) is 0 Å². The van der Waals surface area contributed by atoms with Crippen molar-refractivity contribution in [2.75, 3.05) is 11.5 Å². The van der Waals surface area contributed by atoms with E-state index in [2.05, 4.69) is 0 Å². The minimum Gasteiger partial charge on any atom is -0.508 e. The maximum Gasteiger partial charge on any atom is 0.415 e. The van der Waals surface area contributed by atoms with Crippen LogP contribution in [0.1, 0.15) is 11.6 Å². The molecule has 1 heterocycles. The second-order valence-electron chi connectivity index (χ2n) is 6.12. The lowest BCUT2D eigenvalue weighted by atomic mass is 10.0. The maximum absolute atomic E-state index is 12.3. The van der Waals surface area contributed by atoms with Gasteiger partial charge in [-0.15, -0.1) is 0 Å². The van der Waals surface area contributed by atoms with E-state index in [9.17, 15) is 15.0 Å². The number of carbonyl (C=O) groups is 1. The van der Waals surface area contributed by atoms with E-state index in [1.165, 1.54) is 17.0 Å². The molecule has 1 fully saturated rings. The number of hydrogen-bond donors (Lipinski definition) is 2. The molecule has 1 saturated heterocycles. The Balaban J connectivity index is 1.67. The number of cyclic esters (lactones) is 1. The summed E-state index contributed by atoms with van der Waals surface area (Å²) in [7, 11) is 0. The number of phenolic OH excluding ortho intramolecular Hbond substituents is 2. The first kappa shape index (κ1) is 16.0. The number of benzene rings is 3. The molecule has 1 aliphatic rings.